The number of hydrogen-bond donors (Lipinski definition) is 9. The molecule has 0 spiro atoms. The molecule has 5 rings (SSSR count). The Morgan fingerprint density at radius 1 is 0.978 bits per heavy atom. The van der Waals surface area contributed by atoms with Gasteiger partial charge in [-0.3, -0.25) is 9.79 Å². The van der Waals surface area contributed by atoms with E-state index < -0.39 is 76.7 Å². The van der Waals surface area contributed by atoms with Crippen LogP contribution in [0, 0.1) is 0 Å². The molecule has 11 N–H and O–H groups in total. The van der Waals surface area contributed by atoms with Crippen LogP contribution in [-0.4, -0.2) is 84.4 Å². The fraction of sp³-hybridized carbons (Fsp3) is 0.233. The Kier molecular flexibility index (Phi) is 8.27. The average Bonchev–Trinajstić information content (AvgIpc) is 3.01. The molecule has 2 heterocycles. The molecule has 1 saturated heterocycles. The number of nitrogens with zero attached hydrogens (tertiary/aromatic N) is 1. The lowest BCUT2D eigenvalue weighted by atomic mass is 9.84. The number of hydrogen-bond acceptors (Lipinski definition) is 12. The van der Waals surface area contributed by atoms with Gasteiger partial charge in [0, 0.05) is 23.6 Å². The van der Waals surface area contributed by atoms with Crippen LogP contribution in [-0.2, 0) is 16.0 Å². The molecular weight excluding hydrogens is 594 g/mol. The molecule has 0 aliphatic carbocycles. The van der Waals surface area contributed by atoms with Gasteiger partial charge in [-0.05, 0) is 29.8 Å². The summed E-state index contributed by atoms with van der Waals surface area (Å²) < 4.78 is 16.8. The summed E-state index contributed by atoms with van der Waals surface area (Å²) in [6.45, 7) is -0.866. The fourth-order valence-corrected chi connectivity index (χ4v) is 5.01. The molecule has 1 aliphatic rings. The predicted octanol–water partition coefficient (Wildman–Crippen LogP) is 0.0822. The molecule has 236 valence electrons. The number of aliphatic carboxylic acids is 1. The van der Waals surface area contributed by atoms with Crippen molar-refractivity contribution < 1.29 is 54.4 Å². The monoisotopic (exact) mass is 623 g/mol. The number of carboxylic acids is 1. The van der Waals surface area contributed by atoms with Crippen molar-refractivity contribution in [3.63, 3.8) is 0 Å². The van der Waals surface area contributed by atoms with Crippen LogP contribution in [0.4, 0.5) is 0 Å². The van der Waals surface area contributed by atoms with Crippen molar-refractivity contribution in [1.29, 1.82) is 0 Å². The van der Waals surface area contributed by atoms with Gasteiger partial charge in [0.15, 0.2) is 23.6 Å². The summed E-state index contributed by atoms with van der Waals surface area (Å²) in [5.74, 6) is -4.86. The van der Waals surface area contributed by atoms with Crippen molar-refractivity contribution in [3.05, 3.63) is 82.0 Å². The standard InChI is InChI=1S/C30H29N3O12/c31-29(32)33-12-30(42)25(38)24(27(40)41)45-28(26(30)39)44-18-11-17-19(22(37)21(18)36)20(35)16(10-13-4-2-1-3-5-13)23(43-17)14-6-8-15(34)9-7-14/h1-9,11,24-26,28,34,36-39,42H,10,12H2,(H,40,41)(H4,31,32,33). The van der Waals surface area contributed by atoms with Crippen LogP contribution in [0.25, 0.3) is 22.3 Å². The van der Waals surface area contributed by atoms with Crippen LogP contribution in [0.1, 0.15) is 11.1 Å². The molecule has 5 unspecified atom stereocenters. The first-order chi connectivity index (χ1) is 21.3. The van der Waals surface area contributed by atoms with Gasteiger partial charge in [0.2, 0.25) is 17.5 Å². The number of rotatable bonds is 8. The largest absolute Gasteiger partial charge is 0.508 e. The Balaban J connectivity index is 1.63. The van der Waals surface area contributed by atoms with Crippen LogP contribution in [0.5, 0.6) is 23.0 Å². The molecule has 1 aliphatic heterocycles. The average molecular weight is 624 g/mol. The summed E-state index contributed by atoms with van der Waals surface area (Å²) in [4.78, 5) is 29.2. The van der Waals surface area contributed by atoms with E-state index in [4.69, 9.17) is 25.4 Å². The maximum Gasteiger partial charge on any atom is 0.335 e. The van der Waals surface area contributed by atoms with Gasteiger partial charge >= 0.3 is 5.97 Å². The molecule has 1 aromatic heterocycles. The Labute approximate surface area is 253 Å². The molecule has 5 atom stereocenters. The Morgan fingerprint density at radius 3 is 2.27 bits per heavy atom. The summed E-state index contributed by atoms with van der Waals surface area (Å²) in [5, 5.41) is 73.3. The van der Waals surface area contributed by atoms with E-state index in [-0.39, 0.29) is 29.1 Å². The lowest BCUT2D eigenvalue weighted by Crippen LogP contribution is -2.70. The first kappa shape index (κ1) is 31.1. The predicted molar refractivity (Wildman–Crippen MR) is 157 cm³/mol. The minimum Gasteiger partial charge on any atom is -0.508 e. The van der Waals surface area contributed by atoms with Crippen molar-refractivity contribution in [2.75, 3.05) is 6.54 Å². The van der Waals surface area contributed by atoms with Gasteiger partial charge in [-0.1, -0.05) is 30.3 Å². The summed E-state index contributed by atoms with van der Waals surface area (Å²) in [6, 6.07) is 15.7. The quantitative estimate of drug-likeness (QED) is 0.0715. The number of phenolic OH excluding ortho intramolecular Hbond substituents is 3. The highest BCUT2D eigenvalue weighted by molar-refractivity contribution is 5.90. The lowest BCUT2D eigenvalue weighted by molar-refractivity contribution is -0.303. The number of benzene rings is 3. The molecule has 45 heavy (non-hydrogen) atoms. The second-order valence-electron chi connectivity index (χ2n) is 10.4. The van der Waals surface area contributed by atoms with Crippen LogP contribution in [0.3, 0.4) is 0 Å². The van der Waals surface area contributed by atoms with E-state index in [2.05, 4.69) is 4.99 Å². The minimum absolute atomic E-state index is 0.0413. The Morgan fingerprint density at radius 2 is 1.64 bits per heavy atom. The summed E-state index contributed by atoms with van der Waals surface area (Å²) >= 11 is 0. The van der Waals surface area contributed by atoms with Gasteiger partial charge < -0.3 is 61.1 Å². The number of nitrogens with two attached hydrogens (primary N) is 2. The van der Waals surface area contributed by atoms with Gasteiger partial charge in [-0.2, -0.15) is 0 Å². The second-order valence-corrected chi connectivity index (χ2v) is 10.4. The van der Waals surface area contributed by atoms with E-state index in [1.54, 1.807) is 30.3 Å². The molecule has 15 heteroatoms. The number of guanidine groups is 1. The van der Waals surface area contributed by atoms with Crippen molar-refractivity contribution in [2.45, 2.75) is 36.6 Å². The maximum absolute atomic E-state index is 13.8. The highest BCUT2D eigenvalue weighted by atomic mass is 16.7. The third-order valence-corrected chi connectivity index (χ3v) is 7.39. The molecule has 0 amide bonds. The second kappa shape index (κ2) is 12.0. The maximum atomic E-state index is 13.8. The zero-order valence-electron chi connectivity index (χ0n) is 23.3. The summed E-state index contributed by atoms with van der Waals surface area (Å²) in [5.41, 5.74) is 8.14. The number of aliphatic imine (C=N–C) groups is 1. The van der Waals surface area contributed by atoms with Crippen LogP contribution >= 0.6 is 0 Å². The van der Waals surface area contributed by atoms with Gasteiger partial charge in [0.25, 0.3) is 0 Å². The first-order valence-corrected chi connectivity index (χ1v) is 13.4. The third kappa shape index (κ3) is 5.80. The number of fused-ring (bicyclic) bond motifs is 1. The van der Waals surface area contributed by atoms with Crippen molar-refractivity contribution in [2.24, 2.45) is 16.5 Å². The van der Waals surface area contributed by atoms with Crippen LogP contribution in [0.15, 0.2) is 74.9 Å². The number of aromatic hydroxyl groups is 3. The van der Waals surface area contributed by atoms with E-state index in [1.165, 1.54) is 24.3 Å². The molecule has 0 bridgehead atoms. The van der Waals surface area contributed by atoms with Crippen LogP contribution < -0.4 is 21.6 Å². The van der Waals surface area contributed by atoms with Crippen molar-refractivity contribution in [3.8, 4) is 34.3 Å². The third-order valence-electron chi connectivity index (χ3n) is 7.39. The molecule has 15 nitrogen and oxygen atoms in total. The topological polar surface area (TPSA) is 272 Å². The zero-order valence-corrected chi connectivity index (χ0v) is 23.3. The number of carbonyl (C=O) groups is 1. The number of aliphatic hydroxyl groups is 3. The SMILES string of the molecule is NC(N)=NCC1(O)C(O)C(Oc2cc3oc(-c4ccc(O)cc4)c(Cc4ccccc4)c(=O)c3c(O)c2O)OC(C(=O)O)C1O. The van der Waals surface area contributed by atoms with Gasteiger partial charge in [-0.25, -0.2) is 4.79 Å². The van der Waals surface area contributed by atoms with E-state index in [1.807, 2.05) is 0 Å². The highest BCUT2D eigenvalue weighted by Gasteiger charge is 2.58. The van der Waals surface area contributed by atoms with Gasteiger partial charge in [-0.15, -0.1) is 0 Å². The minimum atomic E-state index is -2.71. The van der Waals surface area contributed by atoms with E-state index in [0.29, 0.717) is 5.56 Å². The Bertz CT molecular complexity index is 1820. The van der Waals surface area contributed by atoms with E-state index in [0.717, 1.165) is 11.6 Å². The van der Waals surface area contributed by atoms with Crippen molar-refractivity contribution in [1.82, 2.24) is 0 Å². The number of phenols is 3. The van der Waals surface area contributed by atoms with Crippen molar-refractivity contribution >= 4 is 22.9 Å². The Hall–Kier alpha value is -5.35. The molecule has 0 saturated carbocycles. The van der Waals surface area contributed by atoms with E-state index >= 15 is 0 Å². The molecular formula is C30H29N3O12. The van der Waals surface area contributed by atoms with E-state index in [9.17, 15) is 45.3 Å². The fourth-order valence-electron chi connectivity index (χ4n) is 5.01. The highest BCUT2D eigenvalue weighted by Crippen LogP contribution is 2.44. The molecule has 1 fully saturated rings. The summed E-state index contributed by atoms with van der Waals surface area (Å²) in [6.07, 6.45) is -8.62. The molecule has 0 radical (unpaired) electrons. The number of ether oxygens (including phenoxy) is 2. The number of aliphatic hydroxyl groups excluding tert-OH is 2. The zero-order chi connectivity index (χ0) is 32.6. The first-order valence-electron chi connectivity index (χ1n) is 13.4. The van der Waals surface area contributed by atoms with Gasteiger partial charge in [0.05, 0.1) is 6.54 Å². The van der Waals surface area contributed by atoms with Gasteiger partial charge in [0.1, 0.15) is 40.3 Å². The lowest BCUT2D eigenvalue weighted by Gasteiger charge is -2.45. The normalized spacial score (nSPS) is 23.0. The summed E-state index contributed by atoms with van der Waals surface area (Å²) in [7, 11) is 0. The number of carboxylic acid groups (broad SMARTS) is 1. The molecule has 3 aromatic carbocycles. The smallest absolute Gasteiger partial charge is 0.335 e. The van der Waals surface area contributed by atoms with Crippen LogP contribution in [0.2, 0.25) is 0 Å². The molecule has 4 aromatic rings.